The van der Waals surface area contributed by atoms with Crippen LogP contribution in [0.3, 0.4) is 0 Å². The lowest BCUT2D eigenvalue weighted by Gasteiger charge is -2.27. The van der Waals surface area contributed by atoms with Crippen LogP contribution in [0.25, 0.3) is 0 Å². The number of hydrogen-bond acceptors (Lipinski definition) is 1. The van der Waals surface area contributed by atoms with Crippen molar-refractivity contribution in [3.05, 3.63) is 0 Å². The molecule has 1 saturated heterocycles. The minimum atomic E-state index is -0.572. The Morgan fingerprint density at radius 2 is 1.77 bits per heavy atom. The molecule has 13 heavy (non-hydrogen) atoms. The Balaban J connectivity index is 0.000000845. The third kappa shape index (κ3) is 2.81. The van der Waals surface area contributed by atoms with E-state index in [0.717, 1.165) is 12.3 Å². The molecule has 1 nitrogen and oxygen atoms in total. The molecule has 0 bridgehead atoms. The first kappa shape index (κ1) is 11.3. The van der Waals surface area contributed by atoms with Crippen LogP contribution in [0.1, 0.15) is 38.5 Å². The molecule has 1 saturated carbocycles. The van der Waals surface area contributed by atoms with Gasteiger partial charge in [-0.25, -0.2) is 4.39 Å². The third-order valence-corrected chi connectivity index (χ3v) is 3.33. The van der Waals surface area contributed by atoms with Gasteiger partial charge in [-0.05, 0) is 25.2 Å². The van der Waals surface area contributed by atoms with Gasteiger partial charge in [0, 0.05) is 12.6 Å². The fraction of sp³-hybridized carbons (Fsp3) is 1.00. The molecule has 0 aromatic heterocycles. The Labute approximate surface area is 85.9 Å². The highest BCUT2D eigenvalue weighted by molar-refractivity contribution is 5.85. The van der Waals surface area contributed by atoms with Crippen molar-refractivity contribution in [3.8, 4) is 0 Å². The maximum Gasteiger partial charge on any atom is 0.114 e. The zero-order valence-electron chi connectivity index (χ0n) is 7.97. The van der Waals surface area contributed by atoms with Gasteiger partial charge in [0.1, 0.15) is 6.17 Å². The summed E-state index contributed by atoms with van der Waals surface area (Å²) in [7, 11) is 0. The van der Waals surface area contributed by atoms with Crippen LogP contribution in [0, 0.1) is 5.92 Å². The molecule has 1 N–H and O–H groups in total. The van der Waals surface area contributed by atoms with E-state index in [4.69, 9.17) is 0 Å². The summed E-state index contributed by atoms with van der Waals surface area (Å²) in [5.41, 5.74) is 0. The average Bonchev–Trinajstić information content (AvgIpc) is 2.54. The number of nitrogens with one attached hydrogen (secondary N) is 1. The van der Waals surface area contributed by atoms with Crippen LogP contribution in [0.5, 0.6) is 0 Å². The number of alkyl halides is 1. The van der Waals surface area contributed by atoms with Crippen molar-refractivity contribution in [3.63, 3.8) is 0 Å². The zero-order chi connectivity index (χ0) is 8.39. The third-order valence-electron chi connectivity index (χ3n) is 3.33. The first-order valence-electron chi connectivity index (χ1n) is 5.24. The first-order chi connectivity index (χ1) is 5.86. The number of halogens is 2. The zero-order valence-corrected chi connectivity index (χ0v) is 8.78. The predicted octanol–water partition coefficient (Wildman–Crippen LogP) is 2.69. The van der Waals surface area contributed by atoms with E-state index in [1.54, 1.807) is 0 Å². The van der Waals surface area contributed by atoms with Crippen molar-refractivity contribution < 1.29 is 4.39 Å². The van der Waals surface area contributed by atoms with Gasteiger partial charge in [-0.1, -0.05) is 19.3 Å². The minimum absolute atomic E-state index is 0. The van der Waals surface area contributed by atoms with Gasteiger partial charge in [-0.2, -0.15) is 0 Å². The molecule has 1 heterocycles. The Hall–Kier alpha value is 0.180. The Kier molecular flexibility index (Phi) is 4.47. The first-order valence-corrected chi connectivity index (χ1v) is 5.24. The summed E-state index contributed by atoms with van der Waals surface area (Å²) >= 11 is 0. The molecular formula is C10H19ClFN. The maximum atomic E-state index is 12.9. The molecule has 0 amide bonds. The molecule has 1 aliphatic heterocycles. The smallest absolute Gasteiger partial charge is 0.114 e. The van der Waals surface area contributed by atoms with Crippen molar-refractivity contribution in [2.75, 3.05) is 6.54 Å². The Morgan fingerprint density at radius 3 is 2.31 bits per heavy atom. The lowest BCUT2D eigenvalue weighted by molar-refractivity contribution is 0.274. The maximum absolute atomic E-state index is 12.9. The van der Waals surface area contributed by atoms with Crippen LogP contribution >= 0.6 is 12.4 Å². The molecule has 2 rings (SSSR count). The van der Waals surface area contributed by atoms with Crippen LogP contribution < -0.4 is 5.32 Å². The van der Waals surface area contributed by atoms with Crippen molar-refractivity contribution in [1.29, 1.82) is 0 Å². The second kappa shape index (κ2) is 5.16. The summed E-state index contributed by atoms with van der Waals surface area (Å²) in [4.78, 5) is 0. The van der Waals surface area contributed by atoms with Gasteiger partial charge in [0.15, 0.2) is 0 Å². The normalized spacial score (nSPS) is 35.8. The van der Waals surface area contributed by atoms with Gasteiger partial charge in [-0.15, -0.1) is 12.4 Å². The fourth-order valence-electron chi connectivity index (χ4n) is 2.62. The summed E-state index contributed by atoms with van der Waals surface area (Å²) in [6.07, 6.45) is 6.96. The van der Waals surface area contributed by atoms with Gasteiger partial charge < -0.3 is 5.32 Å². The largest absolute Gasteiger partial charge is 0.311 e. The highest BCUT2D eigenvalue weighted by Gasteiger charge is 2.30. The lowest BCUT2D eigenvalue weighted by Crippen LogP contribution is -2.31. The van der Waals surface area contributed by atoms with Gasteiger partial charge in [0.25, 0.3) is 0 Å². The summed E-state index contributed by atoms with van der Waals surface area (Å²) in [6.45, 7) is 0.598. The van der Waals surface area contributed by atoms with E-state index < -0.39 is 6.17 Å². The van der Waals surface area contributed by atoms with Crippen molar-refractivity contribution in [1.82, 2.24) is 5.32 Å². The lowest BCUT2D eigenvalue weighted by atomic mass is 9.83. The second-order valence-corrected chi connectivity index (χ2v) is 4.25. The fourth-order valence-corrected chi connectivity index (χ4v) is 2.62. The number of hydrogen-bond donors (Lipinski definition) is 1. The summed E-state index contributed by atoms with van der Waals surface area (Å²) in [5, 5.41) is 3.30. The summed E-state index contributed by atoms with van der Waals surface area (Å²) < 4.78 is 12.9. The highest BCUT2D eigenvalue weighted by atomic mass is 35.5. The Bertz CT molecular complexity index is 145. The molecule has 1 aliphatic carbocycles. The average molecular weight is 208 g/mol. The van der Waals surface area contributed by atoms with Crippen LogP contribution in [-0.2, 0) is 0 Å². The SMILES string of the molecule is Cl.FC1CNC(C2CCCCC2)C1. The molecule has 3 heteroatoms. The summed E-state index contributed by atoms with van der Waals surface area (Å²) in [6, 6.07) is 0.500. The summed E-state index contributed by atoms with van der Waals surface area (Å²) in [5.74, 6) is 0.777. The standard InChI is InChI=1S/C10H18FN.ClH/c11-9-6-10(12-7-9)8-4-2-1-3-5-8;/h8-10,12H,1-7H2;1H. The molecule has 78 valence electrons. The minimum Gasteiger partial charge on any atom is -0.311 e. The quantitative estimate of drug-likeness (QED) is 0.697. The van der Waals surface area contributed by atoms with E-state index in [-0.39, 0.29) is 12.4 Å². The van der Waals surface area contributed by atoms with Crippen molar-refractivity contribution in [2.45, 2.75) is 50.7 Å². The van der Waals surface area contributed by atoms with Crippen LogP contribution in [-0.4, -0.2) is 18.8 Å². The molecule has 2 aliphatic rings. The van der Waals surface area contributed by atoms with Crippen LogP contribution in [0.4, 0.5) is 4.39 Å². The van der Waals surface area contributed by atoms with Crippen molar-refractivity contribution >= 4 is 12.4 Å². The van der Waals surface area contributed by atoms with Crippen LogP contribution in [0.15, 0.2) is 0 Å². The van der Waals surface area contributed by atoms with Gasteiger partial charge in [0.2, 0.25) is 0 Å². The van der Waals surface area contributed by atoms with E-state index >= 15 is 0 Å². The van der Waals surface area contributed by atoms with Gasteiger partial charge in [0.05, 0.1) is 0 Å². The molecule has 0 aromatic carbocycles. The van der Waals surface area contributed by atoms with Gasteiger partial charge in [-0.3, -0.25) is 0 Å². The van der Waals surface area contributed by atoms with E-state index in [2.05, 4.69) is 5.32 Å². The van der Waals surface area contributed by atoms with E-state index in [9.17, 15) is 4.39 Å². The van der Waals surface area contributed by atoms with Gasteiger partial charge >= 0.3 is 0 Å². The Morgan fingerprint density at radius 1 is 1.08 bits per heavy atom. The molecule has 2 unspecified atom stereocenters. The molecule has 0 radical (unpaired) electrons. The second-order valence-electron chi connectivity index (χ2n) is 4.25. The monoisotopic (exact) mass is 207 g/mol. The predicted molar refractivity (Wildman–Crippen MR) is 55.1 cm³/mol. The van der Waals surface area contributed by atoms with Crippen LogP contribution in [0.2, 0.25) is 0 Å². The topological polar surface area (TPSA) is 12.0 Å². The highest BCUT2D eigenvalue weighted by Crippen LogP contribution is 2.30. The molecule has 2 atom stereocenters. The van der Waals surface area contributed by atoms with Crippen molar-refractivity contribution in [2.24, 2.45) is 5.92 Å². The van der Waals surface area contributed by atoms with E-state index in [1.165, 1.54) is 32.1 Å². The van der Waals surface area contributed by atoms with E-state index in [1.807, 2.05) is 0 Å². The van der Waals surface area contributed by atoms with E-state index in [0.29, 0.717) is 12.6 Å². The number of rotatable bonds is 1. The molecular weight excluding hydrogens is 189 g/mol. The molecule has 0 aromatic rings. The molecule has 0 spiro atoms. The molecule has 2 fully saturated rings.